The lowest BCUT2D eigenvalue weighted by Crippen LogP contribution is -2.60. The molecule has 1 aromatic rings. The minimum Gasteiger partial charge on any atom is -0.508 e. The number of rotatable bonds is 17. The highest BCUT2D eigenvalue weighted by molar-refractivity contribution is 5.98. The molecule has 382 valence electrons. The van der Waals surface area contributed by atoms with Gasteiger partial charge >= 0.3 is 0 Å². The minimum atomic E-state index is -1.75. The quantitative estimate of drug-likeness (QED) is 0.0696. The van der Waals surface area contributed by atoms with Crippen LogP contribution in [0.1, 0.15) is 84.6 Å². The van der Waals surface area contributed by atoms with E-state index in [0.717, 1.165) is 4.90 Å². The number of hydrogen-bond acceptors (Lipinski definition) is 14. The molecule has 0 aromatic heterocycles. The molecular weight excluding hydrogens is 905 g/mol. The van der Waals surface area contributed by atoms with Crippen LogP contribution in [0.4, 0.5) is 0 Å². The second kappa shape index (κ2) is 27.2. The third-order valence-electron chi connectivity index (χ3n) is 11.7. The standard InChI is InChI=1S/C44H68N12O13/c1-5-23(4)32-18-48-27(10-12-34(45)59)40(65)53-31(17-35(46)60)42(67)52-28(11-13-37(62)49-20-38(63)51-30(41(66)55-32)15-24-6-8-25(57)9-7-24)44(69)56-21-26(58)16-33(56)43(68)54-29(14-22(2)3)39(64)50-19-36(47)61/h6-9,22-23,26-33,48,57-58H,5,10-21H2,1-4H3,(H2,45,59)(H2,46,60)(H2,47,61)(H,49,62)(H,50,64)(H,51,63)(H,52,67)(H,53,65)(H,54,68)(H,55,66)/t23-,26+,27-,28-,29-,30-,31-,32+,33-/m0/s1. The molecule has 25 heteroatoms. The van der Waals surface area contributed by atoms with E-state index >= 15 is 0 Å². The van der Waals surface area contributed by atoms with Crippen LogP contribution in [0.15, 0.2) is 24.3 Å². The Balaban J connectivity index is 2.05. The van der Waals surface area contributed by atoms with Crippen molar-refractivity contribution in [3.8, 4) is 5.75 Å². The molecule has 2 aliphatic heterocycles. The molecule has 0 unspecified atom stereocenters. The summed E-state index contributed by atoms with van der Waals surface area (Å²) in [6, 6.07) is -3.36. The number of likely N-dealkylation sites (tertiary alicyclic amines) is 1. The van der Waals surface area contributed by atoms with Crippen LogP contribution < -0.4 is 59.7 Å². The van der Waals surface area contributed by atoms with Crippen molar-refractivity contribution < 1.29 is 63.0 Å². The SMILES string of the molecule is CC[C@H](C)[C@H]1CN[C@@H](CCC(N)=O)C(=O)N[C@@H](CC(N)=O)C(=O)N[C@H](C(=O)N2C[C@H](O)C[C@H]2C(=O)N[C@@H](CC(C)C)C(=O)NCC(N)=O)CCC(=O)NCC(=O)N[C@@H](Cc2ccc(O)cc2)C(=O)N1. The first kappa shape index (κ1) is 56.4. The van der Waals surface area contributed by atoms with Crippen molar-refractivity contribution in [3.63, 3.8) is 0 Å². The Kier molecular flexibility index (Phi) is 22.2. The summed E-state index contributed by atoms with van der Waals surface area (Å²) in [6.45, 7) is 5.53. The highest BCUT2D eigenvalue weighted by Crippen LogP contribution is 2.22. The zero-order valence-corrected chi connectivity index (χ0v) is 39.3. The van der Waals surface area contributed by atoms with Gasteiger partial charge in [-0.05, 0) is 48.8 Å². The van der Waals surface area contributed by atoms with Crippen molar-refractivity contribution in [1.29, 1.82) is 0 Å². The number of β-amino-alcohol motifs (C(OH)–C–C–N with tert-alkyl or cyclic N) is 1. The first-order valence-electron chi connectivity index (χ1n) is 22.9. The van der Waals surface area contributed by atoms with Gasteiger partial charge in [-0.15, -0.1) is 0 Å². The number of aliphatic hydroxyl groups is 1. The van der Waals surface area contributed by atoms with E-state index in [-0.39, 0.29) is 56.2 Å². The van der Waals surface area contributed by atoms with Gasteiger partial charge in [-0.3, -0.25) is 52.7 Å². The first-order chi connectivity index (χ1) is 32.5. The fourth-order valence-electron chi connectivity index (χ4n) is 7.70. The Morgan fingerprint density at radius 1 is 0.826 bits per heavy atom. The van der Waals surface area contributed by atoms with E-state index in [1.54, 1.807) is 26.0 Å². The number of phenols is 1. The van der Waals surface area contributed by atoms with Crippen molar-refractivity contribution in [3.05, 3.63) is 29.8 Å². The molecule has 9 atom stereocenters. The molecule has 16 N–H and O–H groups in total. The number of benzene rings is 1. The summed E-state index contributed by atoms with van der Waals surface area (Å²) in [4.78, 5) is 147. The smallest absolute Gasteiger partial charge is 0.245 e. The maximum Gasteiger partial charge on any atom is 0.245 e. The highest BCUT2D eigenvalue weighted by atomic mass is 16.3. The number of hydrogen-bond donors (Lipinski definition) is 13. The highest BCUT2D eigenvalue weighted by Gasteiger charge is 2.43. The number of carbonyl (C=O) groups excluding carboxylic acids is 11. The van der Waals surface area contributed by atoms with Gasteiger partial charge in [-0.2, -0.15) is 0 Å². The van der Waals surface area contributed by atoms with Crippen LogP contribution >= 0.6 is 0 Å². The van der Waals surface area contributed by atoms with Crippen LogP contribution in [0.2, 0.25) is 0 Å². The van der Waals surface area contributed by atoms with Crippen LogP contribution in [0.25, 0.3) is 0 Å². The fraction of sp³-hybridized carbons (Fsp3) is 0.614. The topological polar surface area (TPSA) is 406 Å². The van der Waals surface area contributed by atoms with Gasteiger partial charge in [0.2, 0.25) is 65.0 Å². The molecule has 25 nitrogen and oxygen atoms in total. The number of aliphatic hydroxyl groups excluding tert-OH is 1. The zero-order valence-electron chi connectivity index (χ0n) is 39.3. The summed E-state index contributed by atoms with van der Waals surface area (Å²) in [5.41, 5.74) is 16.7. The van der Waals surface area contributed by atoms with Crippen molar-refractivity contribution >= 4 is 65.0 Å². The number of nitrogens with one attached hydrogen (secondary N) is 8. The minimum absolute atomic E-state index is 0.0346. The lowest BCUT2D eigenvalue weighted by Gasteiger charge is -2.31. The summed E-state index contributed by atoms with van der Waals surface area (Å²) in [5, 5.41) is 41.4. The van der Waals surface area contributed by atoms with E-state index in [1.807, 2.05) is 13.8 Å². The van der Waals surface area contributed by atoms with Crippen LogP contribution in [0.3, 0.4) is 0 Å². The third kappa shape index (κ3) is 19.0. The van der Waals surface area contributed by atoms with Gasteiger partial charge in [0.05, 0.1) is 31.7 Å². The van der Waals surface area contributed by atoms with E-state index < -0.39 is 152 Å². The molecular formula is C44H68N12O13. The first-order valence-corrected chi connectivity index (χ1v) is 22.9. The van der Waals surface area contributed by atoms with Crippen LogP contribution in [0.5, 0.6) is 5.75 Å². The molecule has 3 rings (SSSR count). The van der Waals surface area contributed by atoms with Gasteiger partial charge in [0.15, 0.2) is 0 Å². The van der Waals surface area contributed by atoms with Crippen LogP contribution in [-0.4, -0.2) is 155 Å². The van der Waals surface area contributed by atoms with Gasteiger partial charge < -0.3 is 74.8 Å². The number of aromatic hydroxyl groups is 1. The monoisotopic (exact) mass is 973 g/mol. The molecule has 0 saturated carbocycles. The second-order valence-corrected chi connectivity index (χ2v) is 17.8. The van der Waals surface area contributed by atoms with Gasteiger partial charge in [-0.25, -0.2) is 0 Å². The largest absolute Gasteiger partial charge is 0.508 e. The lowest BCUT2D eigenvalue weighted by molar-refractivity contribution is -0.143. The third-order valence-corrected chi connectivity index (χ3v) is 11.7. The van der Waals surface area contributed by atoms with Crippen LogP contribution in [0, 0.1) is 11.8 Å². The van der Waals surface area contributed by atoms with E-state index in [4.69, 9.17) is 17.2 Å². The average Bonchev–Trinajstić information content (AvgIpc) is 3.68. The normalized spacial score (nSPS) is 24.3. The molecule has 2 saturated heterocycles. The molecule has 0 bridgehead atoms. The molecule has 0 spiro atoms. The molecule has 2 fully saturated rings. The number of nitrogens with zero attached hydrogens (tertiary/aromatic N) is 1. The summed E-state index contributed by atoms with van der Waals surface area (Å²) < 4.78 is 0. The average molecular weight is 973 g/mol. The van der Waals surface area contributed by atoms with Gasteiger partial charge in [-0.1, -0.05) is 46.2 Å². The number of phenolic OH excluding ortho intramolecular Hbond substituents is 1. The summed E-state index contributed by atoms with van der Waals surface area (Å²) in [6.07, 6.45) is -3.38. The van der Waals surface area contributed by atoms with Gasteiger partial charge in [0, 0.05) is 44.8 Å². The molecule has 11 amide bonds. The molecule has 2 heterocycles. The molecule has 2 aliphatic rings. The predicted molar refractivity (Wildman–Crippen MR) is 245 cm³/mol. The van der Waals surface area contributed by atoms with Gasteiger partial charge in [0.1, 0.15) is 36.0 Å². The van der Waals surface area contributed by atoms with E-state index in [1.165, 1.54) is 12.1 Å². The number of primary amides is 3. The van der Waals surface area contributed by atoms with E-state index in [9.17, 15) is 63.0 Å². The molecule has 1 aromatic carbocycles. The Morgan fingerprint density at radius 2 is 1.48 bits per heavy atom. The van der Waals surface area contributed by atoms with E-state index in [2.05, 4.69) is 42.5 Å². The Hall–Kier alpha value is -6.89. The Labute approximate surface area is 399 Å². The summed E-state index contributed by atoms with van der Waals surface area (Å²) in [5.74, 6) is -9.95. The summed E-state index contributed by atoms with van der Waals surface area (Å²) in [7, 11) is 0. The molecule has 0 radical (unpaired) electrons. The lowest BCUT2D eigenvalue weighted by atomic mass is 9.97. The van der Waals surface area contributed by atoms with Crippen molar-refractivity contribution in [2.45, 2.75) is 134 Å². The van der Waals surface area contributed by atoms with Crippen LogP contribution in [-0.2, 0) is 59.2 Å². The molecule has 69 heavy (non-hydrogen) atoms. The number of carbonyl (C=O) groups is 11. The Bertz CT molecular complexity index is 2040. The summed E-state index contributed by atoms with van der Waals surface area (Å²) >= 11 is 0. The van der Waals surface area contributed by atoms with Crippen molar-refractivity contribution in [1.82, 2.24) is 47.4 Å². The maximum absolute atomic E-state index is 14.5. The Morgan fingerprint density at radius 3 is 2.09 bits per heavy atom. The van der Waals surface area contributed by atoms with Gasteiger partial charge in [0.25, 0.3) is 0 Å². The van der Waals surface area contributed by atoms with E-state index in [0.29, 0.717) is 12.0 Å². The fourth-order valence-corrected chi connectivity index (χ4v) is 7.70. The van der Waals surface area contributed by atoms with Crippen molar-refractivity contribution in [2.75, 3.05) is 26.2 Å². The maximum atomic E-state index is 14.5. The zero-order chi connectivity index (χ0) is 51.5. The molecule has 0 aliphatic carbocycles. The predicted octanol–water partition coefficient (Wildman–Crippen LogP) is -4.98. The number of amides is 11. The number of nitrogens with two attached hydrogens (primary N) is 3. The van der Waals surface area contributed by atoms with Crippen molar-refractivity contribution in [2.24, 2.45) is 29.0 Å². The second-order valence-electron chi connectivity index (χ2n) is 17.8.